The molecule has 2 N–H and O–H groups in total. The third-order valence-electron chi connectivity index (χ3n) is 3.62. The van der Waals surface area contributed by atoms with E-state index in [1.54, 1.807) is 0 Å². The van der Waals surface area contributed by atoms with Gasteiger partial charge in [0.25, 0.3) is 0 Å². The van der Waals surface area contributed by atoms with Crippen molar-refractivity contribution >= 4 is 23.2 Å². The summed E-state index contributed by atoms with van der Waals surface area (Å²) in [7, 11) is 0. The second kappa shape index (κ2) is 6.91. The van der Waals surface area contributed by atoms with Crippen LogP contribution in [0, 0.1) is 0 Å². The van der Waals surface area contributed by atoms with E-state index in [2.05, 4.69) is 11.8 Å². The van der Waals surface area contributed by atoms with E-state index in [9.17, 15) is 0 Å². The molecule has 19 heavy (non-hydrogen) atoms. The van der Waals surface area contributed by atoms with Crippen molar-refractivity contribution in [2.75, 3.05) is 26.2 Å². The Morgan fingerprint density at radius 1 is 1.42 bits per heavy atom. The normalized spacial score (nSPS) is 22.4. The molecule has 2 rings (SSSR count). The van der Waals surface area contributed by atoms with Crippen molar-refractivity contribution in [3.8, 4) is 0 Å². The van der Waals surface area contributed by atoms with Crippen LogP contribution in [0.3, 0.4) is 0 Å². The molecule has 2 unspecified atom stereocenters. The van der Waals surface area contributed by atoms with Gasteiger partial charge in [-0.1, -0.05) is 36.2 Å². The van der Waals surface area contributed by atoms with Gasteiger partial charge in [-0.25, -0.2) is 0 Å². The van der Waals surface area contributed by atoms with Gasteiger partial charge in [0.2, 0.25) is 0 Å². The summed E-state index contributed by atoms with van der Waals surface area (Å²) in [5.74, 6) is 0. The minimum atomic E-state index is 0.174. The lowest BCUT2D eigenvalue weighted by atomic mass is 10.0. The minimum Gasteiger partial charge on any atom is -0.376 e. The fourth-order valence-corrected chi connectivity index (χ4v) is 2.79. The van der Waals surface area contributed by atoms with E-state index in [4.69, 9.17) is 33.7 Å². The van der Waals surface area contributed by atoms with Crippen LogP contribution in [0.25, 0.3) is 0 Å². The van der Waals surface area contributed by atoms with Crippen LogP contribution in [-0.2, 0) is 4.74 Å². The fraction of sp³-hybridized carbons (Fsp3) is 0.571. The molecule has 1 heterocycles. The maximum atomic E-state index is 6.09. The quantitative estimate of drug-likeness (QED) is 0.929. The molecule has 1 fully saturated rings. The monoisotopic (exact) mass is 302 g/mol. The smallest absolute Gasteiger partial charge is 0.0700 e. The Morgan fingerprint density at radius 2 is 2.21 bits per heavy atom. The molecule has 5 heteroatoms. The lowest BCUT2D eigenvalue weighted by Crippen LogP contribution is -2.46. The number of hydrogen-bond acceptors (Lipinski definition) is 3. The van der Waals surface area contributed by atoms with Crippen molar-refractivity contribution in [2.24, 2.45) is 5.73 Å². The second-order valence-corrected chi connectivity index (χ2v) is 5.64. The molecular formula is C14H20Cl2N2O. The highest BCUT2D eigenvalue weighted by molar-refractivity contribution is 6.42. The summed E-state index contributed by atoms with van der Waals surface area (Å²) in [4.78, 5) is 2.37. The summed E-state index contributed by atoms with van der Waals surface area (Å²) >= 11 is 12.1. The molecule has 0 radical (unpaired) electrons. The molecule has 0 aliphatic carbocycles. The Kier molecular flexibility index (Phi) is 5.48. The van der Waals surface area contributed by atoms with Gasteiger partial charge in [0.15, 0.2) is 0 Å². The van der Waals surface area contributed by atoms with E-state index in [0.717, 1.165) is 31.7 Å². The zero-order chi connectivity index (χ0) is 13.8. The van der Waals surface area contributed by atoms with Crippen LogP contribution in [0.1, 0.15) is 24.9 Å². The zero-order valence-corrected chi connectivity index (χ0v) is 12.6. The van der Waals surface area contributed by atoms with Crippen molar-refractivity contribution in [2.45, 2.75) is 25.5 Å². The van der Waals surface area contributed by atoms with Gasteiger partial charge in [-0.05, 0) is 24.1 Å². The SMILES string of the molecule is CCC1CN(C(CN)c2ccc(Cl)c(Cl)c2)CCO1. The predicted molar refractivity (Wildman–Crippen MR) is 79.9 cm³/mol. The van der Waals surface area contributed by atoms with Crippen LogP contribution in [-0.4, -0.2) is 37.2 Å². The minimum absolute atomic E-state index is 0.174. The molecule has 1 aromatic rings. The summed E-state index contributed by atoms with van der Waals surface area (Å²) in [6.45, 7) is 5.28. The maximum Gasteiger partial charge on any atom is 0.0700 e. The van der Waals surface area contributed by atoms with Gasteiger partial charge in [-0.2, -0.15) is 0 Å². The van der Waals surface area contributed by atoms with Crippen molar-refractivity contribution in [1.29, 1.82) is 0 Å². The Bertz CT molecular complexity index is 428. The molecule has 1 aliphatic heterocycles. The number of nitrogens with two attached hydrogens (primary N) is 1. The van der Waals surface area contributed by atoms with Crippen LogP contribution in [0.2, 0.25) is 10.0 Å². The second-order valence-electron chi connectivity index (χ2n) is 4.82. The number of hydrogen-bond donors (Lipinski definition) is 1. The molecule has 2 atom stereocenters. The predicted octanol–water partition coefficient (Wildman–Crippen LogP) is 3.10. The van der Waals surface area contributed by atoms with Gasteiger partial charge < -0.3 is 10.5 Å². The third-order valence-corrected chi connectivity index (χ3v) is 4.36. The lowest BCUT2D eigenvalue weighted by molar-refractivity contribution is -0.0437. The number of morpholine rings is 1. The number of ether oxygens (including phenoxy) is 1. The van der Waals surface area contributed by atoms with E-state index < -0.39 is 0 Å². The van der Waals surface area contributed by atoms with E-state index in [1.165, 1.54) is 0 Å². The highest BCUT2D eigenvalue weighted by Gasteiger charge is 2.26. The number of nitrogens with zero attached hydrogens (tertiary/aromatic N) is 1. The van der Waals surface area contributed by atoms with Gasteiger partial charge in [0.1, 0.15) is 0 Å². The molecule has 1 saturated heterocycles. The van der Waals surface area contributed by atoms with Crippen LogP contribution < -0.4 is 5.73 Å². The molecule has 0 saturated carbocycles. The van der Waals surface area contributed by atoms with Gasteiger partial charge >= 0.3 is 0 Å². The van der Waals surface area contributed by atoms with E-state index in [1.807, 2.05) is 18.2 Å². The summed E-state index contributed by atoms with van der Waals surface area (Å²) in [5.41, 5.74) is 7.07. The summed E-state index contributed by atoms with van der Waals surface area (Å²) in [6.07, 6.45) is 1.32. The first kappa shape index (κ1) is 15.1. The first-order chi connectivity index (χ1) is 9.15. The molecule has 0 aromatic heterocycles. The van der Waals surface area contributed by atoms with E-state index in [0.29, 0.717) is 22.7 Å². The number of rotatable bonds is 4. The first-order valence-corrected chi connectivity index (χ1v) is 7.42. The third kappa shape index (κ3) is 3.61. The van der Waals surface area contributed by atoms with E-state index >= 15 is 0 Å². The molecule has 0 bridgehead atoms. The van der Waals surface area contributed by atoms with Crippen molar-refractivity contribution in [3.05, 3.63) is 33.8 Å². The van der Waals surface area contributed by atoms with Gasteiger partial charge in [0.05, 0.1) is 22.8 Å². The number of halogens is 2. The molecular weight excluding hydrogens is 283 g/mol. The average molecular weight is 303 g/mol. The number of benzene rings is 1. The van der Waals surface area contributed by atoms with Gasteiger partial charge in [0, 0.05) is 25.7 Å². The van der Waals surface area contributed by atoms with E-state index in [-0.39, 0.29) is 6.04 Å². The highest BCUT2D eigenvalue weighted by Crippen LogP contribution is 2.29. The summed E-state index contributed by atoms with van der Waals surface area (Å²) in [5, 5.41) is 1.16. The first-order valence-electron chi connectivity index (χ1n) is 6.66. The molecule has 0 spiro atoms. The van der Waals surface area contributed by atoms with Crippen molar-refractivity contribution < 1.29 is 4.74 Å². The average Bonchev–Trinajstić information content (AvgIpc) is 2.44. The fourth-order valence-electron chi connectivity index (χ4n) is 2.49. The Hall–Kier alpha value is -0.320. The van der Waals surface area contributed by atoms with Crippen LogP contribution >= 0.6 is 23.2 Å². The Morgan fingerprint density at radius 3 is 2.84 bits per heavy atom. The van der Waals surface area contributed by atoms with Crippen LogP contribution in [0.15, 0.2) is 18.2 Å². The molecule has 106 valence electrons. The largest absolute Gasteiger partial charge is 0.376 e. The van der Waals surface area contributed by atoms with Crippen molar-refractivity contribution in [3.63, 3.8) is 0 Å². The van der Waals surface area contributed by atoms with Crippen LogP contribution in [0.4, 0.5) is 0 Å². The maximum absolute atomic E-state index is 6.09. The Labute approximate surface area is 124 Å². The summed E-state index contributed by atoms with van der Waals surface area (Å²) < 4.78 is 5.70. The molecule has 0 amide bonds. The standard InChI is InChI=1S/C14H20Cl2N2O/c1-2-11-9-18(5-6-19-11)14(8-17)10-3-4-12(15)13(16)7-10/h3-4,7,11,14H,2,5-6,8-9,17H2,1H3. The zero-order valence-electron chi connectivity index (χ0n) is 11.1. The topological polar surface area (TPSA) is 38.5 Å². The van der Waals surface area contributed by atoms with Gasteiger partial charge in [-0.3, -0.25) is 4.90 Å². The molecule has 1 aromatic carbocycles. The highest BCUT2D eigenvalue weighted by atomic mass is 35.5. The molecule has 3 nitrogen and oxygen atoms in total. The lowest BCUT2D eigenvalue weighted by Gasteiger charge is -2.38. The van der Waals surface area contributed by atoms with Gasteiger partial charge in [-0.15, -0.1) is 0 Å². The van der Waals surface area contributed by atoms with Crippen molar-refractivity contribution in [1.82, 2.24) is 4.90 Å². The summed E-state index contributed by atoms with van der Waals surface area (Å²) in [6, 6.07) is 5.92. The van der Waals surface area contributed by atoms with Crippen LogP contribution in [0.5, 0.6) is 0 Å². The molecule has 1 aliphatic rings. The Balaban J connectivity index is 2.16.